The summed E-state index contributed by atoms with van der Waals surface area (Å²) in [6.07, 6.45) is -3.25. The predicted molar refractivity (Wildman–Crippen MR) is 105 cm³/mol. The summed E-state index contributed by atoms with van der Waals surface area (Å²) in [6, 6.07) is 5.48. The van der Waals surface area contributed by atoms with Crippen molar-refractivity contribution in [2.45, 2.75) is 13.0 Å². The fraction of sp³-hybridized carbons (Fsp3) is 0.400. The summed E-state index contributed by atoms with van der Waals surface area (Å²) in [5.74, 6) is 0.482. The number of hydrogen-bond acceptors (Lipinski definition) is 7. The first kappa shape index (κ1) is 21.3. The van der Waals surface area contributed by atoms with Crippen LogP contribution in [0.4, 0.5) is 13.2 Å². The second kappa shape index (κ2) is 9.08. The Morgan fingerprint density at radius 1 is 1.16 bits per heavy atom. The first-order valence-corrected chi connectivity index (χ1v) is 9.70. The first-order chi connectivity index (χ1) is 14.9. The Balaban J connectivity index is 1.48. The molecular weight excluding hydrogens is 417 g/mol. The number of hydrogen-bond donors (Lipinski definition) is 2. The molecule has 0 radical (unpaired) electrons. The molecule has 0 amide bonds. The fourth-order valence-electron chi connectivity index (χ4n) is 3.32. The Kier molecular flexibility index (Phi) is 6.25. The third-order valence-electron chi connectivity index (χ3n) is 4.80. The largest absolute Gasteiger partial charge is 0.573 e. The number of aliphatic hydroxyl groups is 1. The molecule has 0 unspecified atom stereocenters. The van der Waals surface area contributed by atoms with Gasteiger partial charge in [0.1, 0.15) is 23.8 Å². The van der Waals surface area contributed by atoms with E-state index in [0.29, 0.717) is 53.7 Å². The van der Waals surface area contributed by atoms with Crippen LogP contribution in [0, 0.1) is 0 Å². The van der Waals surface area contributed by atoms with E-state index in [0.717, 1.165) is 19.6 Å². The molecule has 0 saturated carbocycles. The SMILES string of the molecule is OCc1cc(OCCN2CCOCC2)cnc1-c1nc2ccc(OC(F)(F)F)cc2[nH]1. The zero-order valence-electron chi connectivity index (χ0n) is 16.5. The minimum Gasteiger partial charge on any atom is -0.491 e. The van der Waals surface area contributed by atoms with Gasteiger partial charge in [-0.2, -0.15) is 0 Å². The van der Waals surface area contributed by atoms with Crippen molar-refractivity contribution in [3.63, 3.8) is 0 Å². The van der Waals surface area contributed by atoms with Crippen molar-refractivity contribution in [1.82, 2.24) is 19.9 Å². The number of H-pyrrole nitrogens is 1. The standard InChI is InChI=1S/C20H21F3N4O4/c21-20(22,23)31-14-1-2-16-17(10-14)26-19(25-16)18-13(12-28)9-15(11-24-18)30-8-5-27-3-6-29-7-4-27/h1-2,9-11,28H,3-8,12H2,(H,25,26). The summed E-state index contributed by atoms with van der Waals surface area (Å²) >= 11 is 0. The van der Waals surface area contributed by atoms with Crippen LogP contribution in [0.15, 0.2) is 30.5 Å². The van der Waals surface area contributed by atoms with Crippen molar-refractivity contribution in [3.05, 3.63) is 36.0 Å². The maximum absolute atomic E-state index is 12.4. The van der Waals surface area contributed by atoms with Crippen LogP contribution >= 0.6 is 0 Å². The number of nitrogens with zero attached hydrogens (tertiary/aromatic N) is 3. The highest BCUT2D eigenvalue weighted by molar-refractivity contribution is 5.80. The normalized spacial score (nSPS) is 15.4. The molecule has 8 nitrogen and oxygen atoms in total. The molecule has 11 heteroatoms. The van der Waals surface area contributed by atoms with E-state index in [4.69, 9.17) is 9.47 Å². The van der Waals surface area contributed by atoms with Crippen LogP contribution in [0.5, 0.6) is 11.5 Å². The van der Waals surface area contributed by atoms with Gasteiger partial charge in [-0.15, -0.1) is 13.2 Å². The lowest BCUT2D eigenvalue weighted by Gasteiger charge is -2.26. The van der Waals surface area contributed by atoms with Crippen LogP contribution in [0.25, 0.3) is 22.6 Å². The van der Waals surface area contributed by atoms with E-state index >= 15 is 0 Å². The topological polar surface area (TPSA) is 92.7 Å². The van der Waals surface area contributed by atoms with E-state index in [9.17, 15) is 18.3 Å². The molecule has 2 N–H and O–H groups in total. The van der Waals surface area contributed by atoms with Gasteiger partial charge < -0.3 is 24.3 Å². The molecular formula is C20H21F3N4O4. The van der Waals surface area contributed by atoms with E-state index in [2.05, 4.69) is 24.6 Å². The number of halogens is 3. The van der Waals surface area contributed by atoms with Crippen molar-refractivity contribution in [2.24, 2.45) is 0 Å². The number of imidazole rings is 1. The molecule has 0 spiro atoms. The zero-order chi connectivity index (χ0) is 21.8. The Morgan fingerprint density at radius 3 is 2.71 bits per heavy atom. The molecule has 1 aliphatic heterocycles. The lowest BCUT2D eigenvalue weighted by atomic mass is 10.2. The molecule has 3 aromatic rings. The smallest absolute Gasteiger partial charge is 0.491 e. The number of nitrogens with one attached hydrogen (secondary N) is 1. The lowest BCUT2D eigenvalue weighted by Crippen LogP contribution is -2.38. The van der Waals surface area contributed by atoms with Gasteiger partial charge in [-0.1, -0.05) is 0 Å². The van der Waals surface area contributed by atoms with E-state index in [1.165, 1.54) is 24.4 Å². The van der Waals surface area contributed by atoms with Crippen molar-refractivity contribution >= 4 is 11.0 Å². The van der Waals surface area contributed by atoms with Crippen LogP contribution in [0.3, 0.4) is 0 Å². The number of ether oxygens (including phenoxy) is 3. The number of pyridine rings is 1. The van der Waals surface area contributed by atoms with Crippen molar-refractivity contribution in [3.8, 4) is 23.0 Å². The van der Waals surface area contributed by atoms with Crippen LogP contribution in [0.2, 0.25) is 0 Å². The Bertz CT molecular complexity index is 1030. The van der Waals surface area contributed by atoms with Gasteiger partial charge >= 0.3 is 6.36 Å². The third kappa shape index (κ3) is 5.43. The van der Waals surface area contributed by atoms with Crippen molar-refractivity contribution < 1.29 is 32.5 Å². The maximum Gasteiger partial charge on any atom is 0.573 e. The third-order valence-corrected chi connectivity index (χ3v) is 4.80. The number of aromatic nitrogens is 3. The summed E-state index contributed by atoms with van der Waals surface area (Å²) in [4.78, 5) is 13.9. The first-order valence-electron chi connectivity index (χ1n) is 9.70. The Labute approximate surface area is 175 Å². The second-order valence-electron chi connectivity index (χ2n) is 6.95. The Hall–Kier alpha value is -2.89. The van der Waals surface area contributed by atoms with Crippen molar-refractivity contribution in [2.75, 3.05) is 39.5 Å². The molecule has 31 heavy (non-hydrogen) atoms. The molecule has 0 bridgehead atoms. The minimum atomic E-state index is -4.78. The molecule has 1 aromatic carbocycles. The highest BCUT2D eigenvalue weighted by atomic mass is 19.4. The molecule has 2 aromatic heterocycles. The van der Waals surface area contributed by atoms with Gasteiger partial charge in [-0.3, -0.25) is 4.90 Å². The zero-order valence-corrected chi connectivity index (χ0v) is 16.5. The van der Waals surface area contributed by atoms with E-state index < -0.39 is 6.36 Å². The van der Waals surface area contributed by atoms with Crippen LogP contribution in [0.1, 0.15) is 5.56 Å². The van der Waals surface area contributed by atoms with E-state index in [-0.39, 0.29) is 12.4 Å². The summed E-state index contributed by atoms with van der Waals surface area (Å²) in [7, 11) is 0. The number of alkyl halides is 3. The average Bonchev–Trinajstić information content (AvgIpc) is 3.16. The summed E-state index contributed by atoms with van der Waals surface area (Å²) in [5, 5.41) is 9.78. The van der Waals surface area contributed by atoms with Crippen molar-refractivity contribution in [1.29, 1.82) is 0 Å². The van der Waals surface area contributed by atoms with Crippen LogP contribution in [-0.4, -0.2) is 70.8 Å². The summed E-state index contributed by atoms with van der Waals surface area (Å²) in [6.45, 7) is 4.08. The molecule has 1 saturated heterocycles. The number of rotatable bonds is 7. The summed E-state index contributed by atoms with van der Waals surface area (Å²) < 4.78 is 52.3. The van der Waals surface area contributed by atoms with Gasteiger partial charge in [0.2, 0.25) is 0 Å². The molecule has 0 atom stereocenters. The van der Waals surface area contributed by atoms with E-state index in [1.54, 1.807) is 6.07 Å². The number of aromatic amines is 1. The average molecular weight is 438 g/mol. The molecule has 166 valence electrons. The van der Waals surface area contributed by atoms with Crippen LogP contribution < -0.4 is 9.47 Å². The minimum absolute atomic E-state index is 0.303. The quantitative estimate of drug-likeness (QED) is 0.586. The van der Waals surface area contributed by atoms with Gasteiger partial charge in [0, 0.05) is 31.3 Å². The number of fused-ring (bicyclic) bond motifs is 1. The highest BCUT2D eigenvalue weighted by Crippen LogP contribution is 2.29. The number of benzene rings is 1. The molecule has 1 fully saturated rings. The summed E-state index contributed by atoms with van der Waals surface area (Å²) in [5.41, 5.74) is 1.67. The predicted octanol–water partition coefficient (Wildman–Crippen LogP) is 2.73. The van der Waals surface area contributed by atoms with Gasteiger partial charge in [-0.25, -0.2) is 9.97 Å². The van der Waals surface area contributed by atoms with Crippen LogP contribution in [-0.2, 0) is 11.3 Å². The number of morpholine rings is 1. The molecule has 1 aliphatic rings. The molecule has 4 rings (SSSR count). The monoisotopic (exact) mass is 438 g/mol. The maximum atomic E-state index is 12.4. The van der Waals surface area contributed by atoms with E-state index in [1.807, 2.05) is 0 Å². The van der Waals surface area contributed by atoms with Gasteiger partial charge in [0.15, 0.2) is 5.82 Å². The molecule has 3 heterocycles. The lowest BCUT2D eigenvalue weighted by molar-refractivity contribution is -0.274. The fourth-order valence-corrected chi connectivity index (χ4v) is 3.32. The Morgan fingerprint density at radius 2 is 1.97 bits per heavy atom. The number of aliphatic hydroxyl groups excluding tert-OH is 1. The van der Waals surface area contributed by atoms with Gasteiger partial charge in [-0.05, 0) is 18.2 Å². The van der Waals surface area contributed by atoms with Gasteiger partial charge in [0.25, 0.3) is 0 Å². The second-order valence-corrected chi connectivity index (χ2v) is 6.95. The van der Waals surface area contributed by atoms with Gasteiger partial charge in [0.05, 0.1) is 37.1 Å². The molecule has 0 aliphatic carbocycles. The highest BCUT2D eigenvalue weighted by Gasteiger charge is 2.31.